The molecular weight excluding hydrogens is 260 g/mol. The Morgan fingerprint density at radius 2 is 2.11 bits per heavy atom. The van der Waals surface area contributed by atoms with Crippen molar-refractivity contribution in [2.75, 3.05) is 31.2 Å². The van der Waals surface area contributed by atoms with Crippen LogP contribution in [0.2, 0.25) is 0 Å². The molecule has 1 fully saturated rings. The van der Waals surface area contributed by atoms with Crippen LogP contribution in [0.25, 0.3) is 20.3 Å². The highest BCUT2D eigenvalue weighted by Gasteiger charge is 2.18. The monoisotopic (exact) mass is 272 g/mol. The zero-order valence-electron chi connectivity index (χ0n) is 10.2. The van der Waals surface area contributed by atoms with Crippen LogP contribution in [-0.4, -0.2) is 41.3 Å². The molecule has 5 nitrogen and oxygen atoms in total. The summed E-state index contributed by atoms with van der Waals surface area (Å²) in [5, 5.41) is 2.34. The van der Waals surface area contributed by atoms with Crippen LogP contribution in [0.15, 0.2) is 24.8 Å². The highest BCUT2D eigenvalue weighted by atomic mass is 32.1. The number of hydrogen-bond donors (Lipinski definition) is 0. The first-order valence-corrected chi connectivity index (χ1v) is 7.05. The van der Waals surface area contributed by atoms with Gasteiger partial charge in [0.25, 0.3) is 0 Å². The van der Waals surface area contributed by atoms with Crippen molar-refractivity contribution in [1.82, 2.24) is 15.0 Å². The van der Waals surface area contributed by atoms with E-state index in [1.54, 1.807) is 17.7 Å². The molecule has 3 aromatic heterocycles. The average Bonchev–Trinajstić information content (AvgIpc) is 2.86. The van der Waals surface area contributed by atoms with Crippen molar-refractivity contribution in [3.05, 3.63) is 24.8 Å². The molecule has 0 atom stereocenters. The lowest BCUT2D eigenvalue weighted by atomic mass is 10.2. The van der Waals surface area contributed by atoms with Crippen molar-refractivity contribution in [2.45, 2.75) is 0 Å². The number of thiophene rings is 1. The minimum atomic E-state index is 0.759. The summed E-state index contributed by atoms with van der Waals surface area (Å²) in [5.41, 5.74) is 0. The highest BCUT2D eigenvalue weighted by Crippen LogP contribution is 2.36. The largest absolute Gasteiger partial charge is 0.378 e. The number of anilines is 1. The number of aromatic nitrogens is 3. The summed E-state index contributed by atoms with van der Waals surface area (Å²) in [6, 6.07) is 2.04. The molecule has 0 aliphatic carbocycles. The first-order valence-electron chi connectivity index (χ1n) is 6.23. The van der Waals surface area contributed by atoms with Crippen molar-refractivity contribution < 1.29 is 4.74 Å². The number of hydrogen-bond acceptors (Lipinski definition) is 6. The summed E-state index contributed by atoms with van der Waals surface area (Å²) in [7, 11) is 0. The van der Waals surface area contributed by atoms with Gasteiger partial charge < -0.3 is 9.64 Å². The molecule has 0 saturated carbocycles. The van der Waals surface area contributed by atoms with E-state index in [2.05, 4.69) is 19.9 Å². The van der Waals surface area contributed by atoms with E-state index in [1.165, 1.54) is 5.39 Å². The van der Waals surface area contributed by atoms with E-state index in [4.69, 9.17) is 4.74 Å². The molecule has 6 heteroatoms. The van der Waals surface area contributed by atoms with Gasteiger partial charge in [-0.2, -0.15) is 0 Å². The quantitative estimate of drug-likeness (QED) is 0.679. The van der Waals surface area contributed by atoms with Crippen LogP contribution < -0.4 is 4.90 Å². The summed E-state index contributed by atoms with van der Waals surface area (Å²) in [6.07, 6.45) is 5.37. The normalized spacial score (nSPS) is 16.3. The van der Waals surface area contributed by atoms with Gasteiger partial charge in [0.2, 0.25) is 0 Å². The Kier molecular flexibility index (Phi) is 2.56. The van der Waals surface area contributed by atoms with Crippen molar-refractivity contribution in [1.29, 1.82) is 0 Å². The van der Waals surface area contributed by atoms with Gasteiger partial charge in [-0.1, -0.05) is 0 Å². The lowest BCUT2D eigenvalue weighted by Crippen LogP contribution is -2.36. The number of pyridine rings is 1. The minimum absolute atomic E-state index is 0.759. The van der Waals surface area contributed by atoms with Crippen LogP contribution in [0.4, 0.5) is 5.82 Å². The first kappa shape index (κ1) is 11.1. The molecule has 1 saturated heterocycles. The molecule has 1 aliphatic heterocycles. The second kappa shape index (κ2) is 4.40. The number of ether oxygens (including phenoxy) is 1. The van der Waals surface area contributed by atoms with Gasteiger partial charge in [-0.3, -0.25) is 4.98 Å². The smallest absolute Gasteiger partial charge is 0.141 e. The number of nitrogens with zero attached hydrogens (tertiary/aromatic N) is 4. The van der Waals surface area contributed by atoms with Crippen LogP contribution in [0, 0.1) is 0 Å². The van der Waals surface area contributed by atoms with Crippen LogP contribution in [0.1, 0.15) is 0 Å². The Hall–Kier alpha value is -1.79. The van der Waals surface area contributed by atoms with E-state index >= 15 is 0 Å². The zero-order valence-corrected chi connectivity index (χ0v) is 11.1. The molecular formula is C13H12N4OS. The molecule has 0 radical (unpaired) electrons. The maximum absolute atomic E-state index is 5.41. The molecule has 96 valence electrons. The van der Waals surface area contributed by atoms with Crippen molar-refractivity contribution in [3.63, 3.8) is 0 Å². The Balaban J connectivity index is 1.98. The number of morpholine rings is 1. The average molecular weight is 272 g/mol. The number of rotatable bonds is 1. The zero-order chi connectivity index (χ0) is 12.7. The summed E-state index contributed by atoms with van der Waals surface area (Å²) in [5.74, 6) is 1.02. The molecule has 19 heavy (non-hydrogen) atoms. The summed E-state index contributed by atoms with van der Waals surface area (Å²) in [6.45, 7) is 3.29. The first-order chi connectivity index (χ1) is 9.43. The van der Waals surface area contributed by atoms with Crippen LogP contribution >= 0.6 is 11.3 Å². The fourth-order valence-corrected chi connectivity index (χ4v) is 3.47. The van der Waals surface area contributed by atoms with Crippen molar-refractivity contribution in [3.8, 4) is 0 Å². The lowest BCUT2D eigenvalue weighted by molar-refractivity contribution is 0.122. The Bertz CT molecular complexity index is 736. The van der Waals surface area contributed by atoms with Gasteiger partial charge in [-0.05, 0) is 6.07 Å². The summed E-state index contributed by atoms with van der Waals surface area (Å²) >= 11 is 1.67. The third-order valence-corrected chi connectivity index (χ3v) is 4.41. The van der Waals surface area contributed by atoms with Crippen LogP contribution in [0.5, 0.6) is 0 Å². The van der Waals surface area contributed by atoms with E-state index in [1.807, 2.05) is 18.5 Å². The molecule has 3 aromatic rings. The standard InChI is InChI=1S/C13H12N4OS/c1-2-14-7-10-9(1)11-12(15-8-16-13(11)19-10)17-3-5-18-6-4-17/h1-2,7-8H,3-6H2. The molecule has 0 spiro atoms. The predicted octanol–water partition coefficient (Wildman–Crippen LogP) is 2.08. The fraction of sp³-hybridized carbons (Fsp3) is 0.308. The second-order valence-electron chi connectivity index (χ2n) is 4.45. The second-order valence-corrected chi connectivity index (χ2v) is 5.48. The van der Waals surface area contributed by atoms with Gasteiger partial charge in [-0.25, -0.2) is 9.97 Å². The van der Waals surface area contributed by atoms with E-state index < -0.39 is 0 Å². The van der Waals surface area contributed by atoms with Gasteiger partial charge in [-0.15, -0.1) is 11.3 Å². The SMILES string of the molecule is c1cc2c(cn1)sc1ncnc(N3CCOCC3)c12. The molecule has 4 heterocycles. The van der Waals surface area contributed by atoms with E-state index in [0.717, 1.165) is 47.0 Å². The number of fused-ring (bicyclic) bond motifs is 3. The topological polar surface area (TPSA) is 51.1 Å². The van der Waals surface area contributed by atoms with Crippen molar-refractivity contribution in [2.24, 2.45) is 0 Å². The van der Waals surface area contributed by atoms with Gasteiger partial charge in [0.15, 0.2) is 0 Å². The van der Waals surface area contributed by atoms with Gasteiger partial charge in [0.1, 0.15) is 17.0 Å². The molecule has 0 aromatic carbocycles. The maximum Gasteiger partial charge on any atom is 0.141 e. The molecule has 1 aliphatic rings. The molecule has 0 bridgehead atoms. The summed E-state index contributed by atoms with van der Waals surface area (Å²) in [4.78, 5) is 16.4. The fourth-order valence-electron chi connectivity index (χ4n) is 2.46. The third kappa shape index (κ3) is 1.75. The van der Waals surface area contributed by atoms with Crippen LogP contribution in [-0.2, 0) is 4.74 Å². The highest BCUT2D eigenvalue weighted by molar-refractivity contribution is 7.25. The molecule has 4 rings (SSSR count). The maximum atomic E-state index is 5.41. The van der Waals surface area contributed by atoms with Gasteiger partial charge >= 0.3 is 0 Å². The van der Waals surface area contributed by atoms with E-state index in [-0.39, 0.29) is 0 Å². The third-order valence-electron chi connectivity index (χ3n) is 3.36. The van der Waals surface area contributed by atoms with Gasteiger partial charge in [0, 0.05) is 30.9 Å². The molecule has 0 amide bonds. The Labute approximate surface area is 113 Å². The Morgan fingerprint density at radius 3 is 3.00 bits per heavy atom. The van der Waals surface area contributed by atoms with E-state index in [0.29, 0.717) is 0 Å². The van der Waals surface area contributed by atoms with Crippen molar-refractivity contribution >= 4 is 37.5 Å². The van der Waals surface area contributed by atoms with E-state index in [9.17, 15) is 0 Å². The Morgan fingerprint density at radius 1 is 1.21 bits per heavy atom. The minimum Gasteiger partial charge on any atom is -0.378 e. The predicted molar refractivity (Wildman–Crippen MR) is 75.7 cm³/mol. The molecule has 0 N–H and O–H groups in total. The van der Waals surface area contributed by atoms with Gasteiger partial charge in [0.05, 0.1) is 23.3 Å². The lowest BCUT2D eigenvalue weighted by Gasteiger charge is -2.28. The van der Waals surface area contributed by atoms with Crippen LogP contribution in [0.3, 0.4) is 0 Å². The molecule has 0 unspecified atom stereocenters. The summed E-state index contributed by atoms with van der Waals surface area (Å²) < 4.78 is 6.57.